The molecule has 53 heavy (non-hydrogen) atoms. The van der Waals surface area contributed by atoms with E-state index >= 15 is 0 Å². The third-order valence-corrected chi connectivity index (χ3v) is 9.48. The van der Waals surface area contributed by atoms with Crippen molar-refractivity contribution in [1.82, 2.24) is 14.5 Å². The summed E-state index contributed by atoms with van der Waals surface area (Å²) in [7, 11) is 3.25. The summed E-state index contributed by atoms with van der Waals surface area (Å²) in [4.78, 5) is 33.3. The summed E-state index contributed by atoms with van der Waals surface area (Å²) >= 11 is 0. The number of aliphatic hydroxyl groups excluding tert-OH is 1. The second kappa shape index (κ2) is 16.5. The number of unbranched alkanes of at least 4 members (excludes halogenated alkanes) is 2. The molecule has 1 aliphatic rings. The minimum absolute atomic E-state index is 0.0111. The lowest BCUT2D eigenvalue weighted by atomic mass is 9.80. The van der Waals surface area contributed by atoms with E-state index in [4.69, 9.17) is 18.9 Å². The van der Waals surface area contributed by atoms with Crippen molar-refractivity contribution in [3.8, 4) is 23.3 Å². The highest BCUT2D eigenvalue weighted by atomic mass is 16.6. The van der Waals surface area contributed by atoms with Gasteiger partial charge in [0.15, 0.2) is 5.65 Å². The molecule has 1 amide bonds. The van der Waals surface area contributed by atoms with Gasteiger partial charge in [-0.25, -0.2) is 0 Å². The highest BCUT2D eigenvalue weighted by molar-refractivity contribution is 5.92. The molecule has 5 aromatic rings. The number of methoxy groups -OCH3 is 2. The van der Waals surface area contributed by atoms with Crippen LogP contribution in [0.15, 0.2) is 89.9 Å². The normalized spacial score (nSPS) is 17.1. The molecule has 0 unspecified atom stereocenters. The Morgan fingerprint density at radius 3 is 2.23 bits per heavy atom. The molecule has 3 heterocycles. The smallest absolute Gasteiger partial charge is 0.263 e. The van der Waals surface area contributed by atoms with Crippen LogP contribution in [0.2, 0.25) is 0 Å². The molecule has 0 aliphatic carbocycles. The Hall–Kier alpha value is -5.41. The average molecular weight is 719 g/mol. The summed E-state index contributed by atoms with van der Waals surface area (Å²) in [6, 6.07) is 25.4. The molecule has 11 nitrogen and oxygen atoms in total. The Morgan fingerprint density at radius 1 is 1.02 bits per heavy atom. The van der Waals surface area contributed by atoms with E-state index in [1.54, 1.807) is 38.8 Å². The van der Waals surface area contributed by atoms with E-state index < -0.39 is 29.6 Å². The van der Waals surface area contributed by atoms with Crippen LogP contribution in [0.3, 0.4) is 0 Å². The number of amides is 1. The number of anilines is 1. The molecule has 3 N–H and O–H groups in total. The first-order valence-electron chi connectivity index (χ1n) is 17.9. The molecule has 3 atom stereocenters. The molecule has 1 fully saturated rings. The Labute approximate surface area is 309 Å². The quantitative estimate of drug-likeness (QED) is 0.0710. The first kappa shape index (κ1) is 37.4. The number of aromatic nitrogens is 3. The second-order valence-corrected chi connectivity index (χ2v) is 13.4. The Morgan fingerprint density at radius 2 is 1.64 bits per heavy atom. The van der Waals surface area contributed by atoms with Gasteiger partial charge in [0.2, 0.25) is 11.9 Å². The molecule has 3 aromatic carbocycles. The molecule has 0 saturated carbocycles. The van der Waals surface area contributed by atoms with Crippen molar-refractivity contribution < 1.29 is 28.8 Å². The van der Waals surface area contributed by atoms with Gasteiger partial charge in [0.25, 0.3) is 5.56 Å². The van der Waals surface area contributed by atoms with E-state index in [2.05, 4.69) is 34.0 Å². The SMILES string of the molecule is CCCCC#Cc1cn([C@H]2C[C@H](O)[C@@H](COC(c3ccccc3)(c3ccc(OC)cc3)c3ccc(OC)cc3)O2)c2nc(NC(=O)C(C)C)[nH]c(=O)c12. The van der Waals surface area contributed by atoms with Crippen LogP contribution in [-0.2, 0) is 19.9 Å². The molecular weight excluding hydrogens is 672 g/mol. The fourth-order valence-electron chi connectivity index (χ4n) is 6.53. The summed E-state index contributed by atoms with van der Waals surface area (Å²) in [6.07, 6.45) is 2.18. The van der Waals surface area contributed by atoms with E-state index in [1.807, 2.05) is 78.9 Å². The molecule has 1 saturated heterocycles. The van der Waals surface area contributed by atoms with Gasteiger partial charge in [-0.2, -0.15) is 4.98 Å². The van der Waals surface area contributed by atoms with E-state index in [-0.39, 0.29) is 36.2 Å². The van der Waals surface area contributed by atoms with Crippen LogP contribution < -0.4 is 20.3 Å². The van der Waals surface area contributed by atoms with Gasteiger partial charge in [0, 0.05) is 25.0 Å². The lowest BCUT2D eigenvalue weighted by Gasteiger charge is -2.37. The number of H-pyrrole nitrogens is 1. The minimum Gasteiger partial charge on any atom is -0.497 e. The maximum absolute atomic E-state index is 13.5. The molecule has 0 bridgehead atoms. The Kier molecular flexibility index (Phi) is 11.6. The largest absolute Gasteiger partial charge is 0.497 e. The van der Waals surface area contributed by atoms with Crippen LogP contribution in [0.4, 0.5) is 5.95 Å². The fraction of sp³-hybridized carbons (Fsp3) is 0.357. The lowest BCUT2D eigenvalue weighted by Crippen LogP contribution is -2.38. The van der Waals surface area contributed by atoms with Gasteiger partial charge in [-0.1, -0.05) is 93.6 Å². The number of hydrogen-bond acceptors (Lipinski definition) is 8. The highest BCUT2D eigenvalue weighted by Gasteiger charge is 2.42. The van der Waals surface area contributed by atoms with E-state index in [0.717, 1.165) is 29.5 Å². The molecule has 2 aromatic heterocycles. The summed E-state index contributed by atoms with van der Waals surface area (Å²) in [5.74, 6) is 7.13. The summed E-state index contributed by atoms with van der Waals surface area (Å²) in [5, 5.41) is 14.5. The molecular formula is C42H46N4O7. The molecule has 6 rings (SSSR count). The zero-order chi connectivity index (χ0) is 37.5. The minimum atomic E-state index is -1.11. The van der Waals surface area contributed by atoms with Crippen molar-refractivity contribution >= 4 is 22.9 Å². The van der Waals surface area contributed by atoms with Crippen LogP contribution in [-0.4, -0.2) is 58.6 Å². The van der Waals surface area contributed by atoms with Gasteiger partial charge in [-0.05, 0) is 47.4 Å². The summed E-state index contributed by atoms with van der Waals surface area (Å²) in [6.45, 7) is 5.61. The van der Waals surface area contributed by atoms with Gasteiger partial charge in [0.05, 0.1) is 37.9 Å². The number of rotatable bonds is 13. The van der Waals surface area contributed by atoms with Crippen LogP contribution in [0.25, 0.3) is 11.0 Å². The number of aliphatic hydroxyl groups is 1. The van der Waals surface area contributed by atoms with Crippen LogP contribution in [0, 0.1) is 17.8 Å². The number of benzene rings is 3. The van der Waals surface area contributed by atoms with E-state index in [1.165, 1.54) is 0 Å². The number of aromatic amines is 1. The molecule has 1 aliphatic heterocycles. The molecule has 11 heteroatoms. The van der Waals surface area contributed by atoms with Gasteiger partial charge in [0.1, 0.15) is 29.4 Å². The number of fused-ring (bicyclic) bond motifs is 1. The monoisotopic (exact) mass is 718 g/mol. The van der Waals surface area contributed by atoms with Gasteiger partial charge >= 0.3 is 0 Å². The van der Waals surface area contributed by atoms with Crippen molar-refractivity contribution in [2.24, 2.45) is 5.92 Å². The van der Waals surface area contributed by atoms with Crippen molar-refractivity contribution in [2.75, 3.05) is 26.1 Å². The van der Waals surface area contributed by atoms with Crippen molar-refractivity contribution in [1.29, 1.82) is 0 Å². The van der Waals surface area contributed by atoms with Gasteiger partial charge in [-0.15, -0.1) is 0 Å². The zero-order valence-corrected chi connectivity index (χ0v) is 30.7. The third kappa shape index (κ3) is 7.86. The van der Waals surface area contributed by atoms with E-state index in [0.29, 0.717) is 29.1 Å². The number of nitrogens with zero attached hydrogens (tertiary/aromatic N) is 2. The maximum Gasteiger partial charge on any atom is 0.263 e. The molecule has 0 radical (unpaired) electrons. The van der Waals surface area contributed by atoms with Crippen molar-refractivity contribution in [2.45, 2.75) is 70.5 Å². The Bertz CT molecular complexity index is 2080. The predicted octanol–water partition coefficient (Wildman–Crippen LogP) is 6.54. The molecule has 0 spiro atoms. The molecule has 276 valence electrons. The number of carbonyl (C=O) groups is 1. The Balaban J connectivity index is 1.37. The maximum atomic E-state index is 13.5. The fourth-order valence-corrected chi connectivity index (χ4v) is 6.53. The zero-order valence-electron chi connectivity index (χ0n) is 30.7. The summed E-state index contributed by atoms with van der Waals surface area (Å²) in [5.41, 5.74) is 1.81. The van der Waals surface area contributed by atoms with Crippen molar-refractivity contribution in [3.63, 3.8) is 0 Å². The van der Waals surface area contributed by atoms with Gasteiger partial charge < -0.3 is 28.6 Å². The van der Waals surface area contributed by atoms with Crippen LogP contribution in [0.1, 0.15) is 74.9 Å². The predicted molar refractivity (Wildman–Crippen MR) is 203 cm³/mol. The van der Waals surface area contributed by atoms with Crippen LogP contribution >= 0.6 is 0 Å². The first-order valence-corrected chi connectivity index (χ1v) is 17.9. The lowest BCUT2D eigenvalue weighted by molar-refractivity contribution is -0.118. The topological polar surface area (TPSA) is 137 Å². The number of ether oxygens (including phenoxy) is 4. The number of hydrogen-bond donors (Lipinski definition) is 3. The highest BCUT2D eigenvalue weighted by Crippen LogP contribution is 2.43. The average Bonchev–Trinajstić information content (AvgIpc) is 3.74. The van der Waals surface area contributed by atoms with Crippen molar-refractivity contribution in [3.05, 3.63) is 118 Å². The number of carbonyl (C=O) groups excluding carboxylic acids is 1. The van der Waals surface area contributed by atoms with Crippen LogP contribution in [0.5, 0.6) is 11.5 Å². The summed E-state index contributed by atoms with van der Waals surface area (Å²) < 4.78 is 26.3. The third-order valence-electron chi connectivity index (χ3n) is 9.48. The van der Waals surface area contributed by atoms with E-state index in [9.17, 15) is 14.7 Å². The first-order chi connectivity index (χ1) is 25.7. The number of nitrogens with one attached hydrogen (secondary N) is 2. The standard InChI is InChI=1S/C42H46N4O7/c1-6-7-8-10-13-28-25-46(38-37(28)40(49)45-41(43-38)44-39(48)27(2)3)36-24-34(47)35(53-36)26-52-42(29-14-11-9-12-15-29,30-16-20-32(50-4)21-17-30)31-18-22-33(51-5)23-19-31/h9,11-12,14-23,25,27,34-36,47H,6-8,24,26H2,1-5H3,(H2,43,44,45,48,49)/t34-,35+,36+/m0/s1. The second-order valence-electron chi connectivity index (χ2n) is 13.4. The van der Waals surface area contributed by atoms with Gasteiger partial charge in [-0.3, -0.25) is 19.9 Å².